The molecule has 3 nitrogen and oxygen atoms in total. The smallest absolute Gasteiger partial charge is 0.106 e. The summed E-state index contributed by atoms with van der Waals surface area (Å²) in [5.41, 5.74) is 9.50. The summed E-state index contributed by atoms with van der Waals surface area (Å²) in [6, 6.07) is 6.32. The predicted octanol–water partition coefficient (Wildman–Crippen LogP) is 2.07. The van der Waals surface area contributed by atoms with Gasteiger partial charge in [-0.15, -0.1) is 0 Å². The van der Waals surface area contributed by atoms with Crippen LogP contribution >= 0.6 is 0 Å². The van der Waals surface area contributed by atoms with Crippen molar-refractivity contribution < 1.29 is 0 Å². The van der Waals surface area contributed by atoms with E-state index in [1.165, 1.54) is 5.56 Å². The van der Waals surface area contributed by atoms with Crippen LogP contribution in [-0.2, 0) is 12.0 Å². The van der Waals surface area contributed by atoms with Crippen molar-refractivity contribution in [2.24, 2.45) is 5.73 Å². The number of hydrogen-bond acceptors (Lipinski definition) is 2. The number of nitrogens with zero attached hydrogens (tertiary/aromatic N) is 1. The lowest BCUT2D eigenvalue weighted by Gasteiger charge is -2.07. The lowest BCUT2D eigenvalue weighted by molar-refractivity contribution is 0.741. The lowest BCUT2D eigenvalue weighted by atomic mass is 10.1. The molecule has 0 spiro atoms. The van der Waals surface area contributed by atoms with Gasteiger partial charge in [0.15, 0.2) is 0 Å². The fraction of sp³-hybridized carbons (Fsp3) is 0.417. The van der Waals surface area contributed by atoms with Crippen molar-refractivity contribution >= 4 is 11.0 Å². The van der Waals surface area contributed by atoms with Crippen LogP contribution < -0.4 is 5.73 Å². The Kier molecular flexibility index (Phi) is 1.68. The SMILES string of the molecule is CCc1nc2ccc(C3(N)CC3)cc2[nH]1. The molecule has 0 bridgehead atoms. The Morgan fingerprint density at radius 3 is 2.93 bits per heavy atom. The van der Waals surface area contributed by atoms with Gasteiger partial charge in [0.2, 0.25) is 0 Å². The Bertz CT molecular complexity index is 509. The minimum absolute atomic E-state index is 0.0499. The number of benzene rings is 1. The molecule has 0 aliphatic heterocycles. The molecule has 1 saturated carbocycles. The van der Waals surface area contributed by atoms with Gasteiger partial charge in [-0.05, 0) is 30.5 Å². The van der Waals surface area contributed by atoms with Gasteiger partial charge in [0.1, 0.15) is 5.82 Å². The summed E-state index contributed by atoms with van der Waals surface area (Å²) in [6.07, 6.45) is 3.15. The normalized spacial score (nSPS) is 18.3. The number of rotatable bonds is 2. The number of hydrogen-bond donors (Lipinski definition) is 2. The van der Waals surface area contributed by atoms with Gasteiger partial charge in [0.05, 0.1) is 11.0 Å². The van der Waals surface area contributed by atoms with E-state index in [0.717, 1.165) is 36.1 Å². The van der Waals surface area contributed by atoms with Crippen LogP contribution in [-0.4, -0.2) is 9.97 Å². The molecule has 1 aliphatic rings. The van der Waals surface area contributed by atoms with Crippen LogP contribution in [0.1, 0.15) is 31.2 Å². The Labute approximate surface area is 88.7 Å². The summed E-state index contributed by atoms with van der Waals surface area (Å²) in [7, 11) is 0. The zero-order valence-corrected chi connectivity index (χ0v) is 8.88. The summed E-state index contributed by atoms with van der Waals surface area (Å²) in [6.45, 7) is 2.10. The zero-order chi connectivity index (χ0) is 10.5. The third-order valence-electron chi connectivity index (χ3n) is 3.23. The first kappa shape index (κ1) is 8.92. The Balaban J connectivity index is 2.13. The van der Waals surface area contributed by atoms with Gasteiger partial charge in [0, 0.05) is 12.0 Å². The first-order valence-electron chi connectivity index (χ1n) is 5.49. The van der Waals surface area contributed by atoms with E-state index < -0.39 is 0 Å². The maximum absolute atomic E-state index is 6.16. The topological polar surface area (TPSA) is 54.7 Å². The summed E-state index contributed by atoms with van der Waals surface area (Å²) in [5.74, 6) is 1.05. The molecule has 3 heteroatoms. The predicted molar refractivity (Wildman–Crippen MR) is 60.6 cm³/mol. The van der Waals surface area contributed by atoms with Crippen molar-refractivity contribution in [3.05, 3.63) is 29.6 Å². The Morgan fingerprint density at radius 1 is 1.47 bits per heavy atom. The fourth-order valence-corrected chi connectivity index (χ4v) is 1.96. The molecule has 3 rings (SSSR count). The van der Waals surface area contributed by atoms with E-state index in [1.54, 1.807) is 0 Å². The van der Waals surface area contributed by atoms with Crippen LogP contribution in [0.3, 0.4) is 0 Å². The highest BCUT2D eigenvalue weighted by Crippen LogP contribution is 2.43. The van der Waals surface area contributed by atoms with Gasteiger partial charge < -0.3 is 10.7 Å². The Morgan fingerprint density at radius 2 is 2.27 bits per heavy atom. The highest BCUT2D eigenvalue weighted by molar-refractivity contribution is 5.76. The van der Waals surface area contributed by atoms with Crippen LogP contribution in [0.4, 0.5) is 0 Å². The highest BCUT2D eigenvalue weighted by Gasteiger charge is 2.39. The molecule has 1 aromatic heterocycles. The molecule has 15 heavy (non-hydrogen) atoms. The standard InChI is InChI=1S/C12H15N3/c1-2-11-14-9-4-3-8(7-10(9)15-11)12(13)5-6-12/h3-4,7H,2,5-6,13H2,1H3,(H,14,15). The second-order valence-electron chi connectivity index (χ2n) is 4.43. The molecule has 0 amide bonds. The second kappa shape index (κ2) is 2.83. The van der Waals surface area contributed by atoms with Crippen LogP contribution in [0.2, 0.25) is 0 Å². The summed E-state index contributed by atoms with van der Waals surface area (Å²) < 4.78 is 0. The van der Waals surface area contributed by atoms with Gasteiger partial charge >= 0.3 is 0 Å². The minimum atomic E-state index is -0.0499. The number of nitrogens with one attached hydrogen (secondary N) is 1. The van der Waals surface area contributed by atoms with E-state index in [9.17, 15) is 0 Å². The summed E-state index contributed by atoms with van der Waals surface area (Å²) in [4.78, 5) is 7.80. The minimum Gasteiger partial charge on any atom is -0.342 e. The zero-order valence-electron chi connectivity index (χ0n) is 8.88. The number of aromatic amines is 1. The Hall–Kier alpha value is -1.35. The van der Waals surface area contributed by atoms with E-state index in [0.29, 0.717) is 0 Å². The molecular formula is C12H15N3. The number of nitrogens with two attached hydrogens (primary N) is 1. The molecule has 2 aromatic rings. The van der Waals surface area contributed by atoms with Crippen LogP contribution in [0.25, 0.3) is 11.0 Å². The van der Waals surface area contributed by atoms with Crippen molar-refractivity contribution in [3.63, 3.8) is 0 Å². The number of aromatic nitrogens is 2. The molecule has 0 radical (unpaired) electrons. The molecule has 1 fully saturated rings. The number of H-pyrrole nitrogens is 1. The molecule has 1 aromatic carbocycles. The second-order valence-corrected chi connectivity index (χ2v) is 4.43. The van der Waals surface area contributed by atoms with E-state index in [1.807, 2.05) is 0 Å². The molecular weight excluding hydrogens is 186 g/mol. The van der Waals surface area contributed by atoms with E-state index >= 15 is 0 Å². The largest absolute Gasteiger partial charge is 0.342 e. The molecule has 78 valence electrons. The van der Waals surface area contributed by atoms with Gasteiger partial charge in [0.25, 0.3) is 0 Å². The summed E-state index contributed by atoms with van der Waals surface area (Å²) in [5, 5.41) is 0. The molecule has 0 atom stereocenters. The van der Waals surface area contributed by atoms with Gasteiger partial charge in [-0.25, -0.2) is 4.98 Å². The van der Waals surface area contributed by atoms with Crippen molar-refractivity contribution in [3.8, 4) is 0 Å². The first-order chi connectivity index (χ1) is 7.21. The lowest BCUT2D eigenvalue weighted by Crippen LogP contribution is -2.18. The molecule has 3 N–H and O–H groups in total. The molecule has 1 aliphatic carbocycles. The monoisotopic (exact) mass is 201 g/mol. The average molecular weight is 201 g/mol. The quantitative estimate of drug-likeness (QED) is 0.781. The van der Waals surface area contributed by atoms with E-state index in [-0.39, 0.29) is 5.54 Å². The van der Waals surface area contributed by atoms with Crippen LogP contribution in [0, 0.1) is 0 Å². The first-order valence-corrected chi connectivity index (χ1v) is 5.49. The van der Waals surface area contributed by atoms with Crippen molar-refractivity contribution in [1.29, 1.82) is 0 Å². The number of aryl methyl sites for hydroxylation is 1. The van der Waals surface area contributed by atoms with E-state index in [4.69, 9.17) is 5.73 Å². The molecule has 0 saturated heterocycles. The van der Waals surface area contributed by atoms with Crippen molar-refractivity contribution in [2.75, 3.05) is 0 Å². The van der Waals surface area contributed by atoms with Gasteiger partial charge in [-0.1, -0.05) is 13.0 Å². The van der Waals surface area contributed by atoms with Crippen molar-refractivity contribution in [1.82, 2.24) is 9.97 Å². The highest BCUT2D eigenvalue weighted by atomic mass is 14.9. The van der Waals surface area contributed by atoms with Crippen LogP contribution in [0.15, 0.2) is 18.2 Å². The van der Waals surface area contributed by atoms with Gasteiger partial charge in [-0.3, -0.25) is 0 Å². The maximum atomic E-state index is 6.16. The number of imidazole rings is 1. The molecule has 0 unspecified atom stereocenters. The van der Waals surface area contributed by atoms with Crippen molar-refractivity contribution in [2.45, 2.75) is 31.7 Å². The fourth-order valence-electron chi connectivity index (χ4n) is 1.96. The van der Waals surface area contributed by atoms with E-state index in [2.05, 4.69) is 35.1 Å². The third-order valence-corrected chi connectivity index (χ3v) is 3.23. The third kappa shape index (κ3) is 1.35. The maximum Gasteiger partial charge on any atom is 0.106 e. The average Bonchev–Trinajstić information content (AvgIpc) is 2.86. The van der Waals surface area contributed by atoms with Gasteiger partial charge in [-0.2, -0.15) is 0 Å². The number of fused-ring (bicyclic) bond motifs is 1. The van der Waals surface area contributed by atoms with Crippen LogP contribution in [0.5, 0.6) is 0 Å². The molecule has 1 heterocycles. The summed E-state index contributed by atoms with van der Waals surface area (Å²) >= 11 is 0.